The number of hydrogen-bond donors (Lipinski definition) is 1. The molecule has 0 saturated carbocycles. The molecule has 0 fully saturated rings. The summed E-state index contributed by atoms with van der Waals surface area (Å²) in [5, 5.41) is 0. The predicted octanol–water partition coefficient (Wildman–Crippen LogP) is 1.85. The number of methoxy groups -OCH3 is 1. The Morgan fingerprint density at radius 1 is 1.33 bits per heavy atom. The molecule has 0 unspecified atom stereocenters. The molecule has 0 aliphatic heterocycles. The van der Waals surface area contributed by atoms with Crippen LogP contribution in [0.3, 0.4) is 0 Å². The van der Waals surface area contributed by atoms with Gasteiger partial charge >= 0.3 is 0 Å². The first kappa shape index (κ1) is 9.07. The van der Waals surface area contributed by atoms with Crippen LogP contribution in [0.4, 0.5) is 5.69 Å². The molecule has 1 aromatic rings. The third-order valence-electron chi connectivity index (χ3n) is 1.91. The Morgan fingerprint density at radius 3 is 2.42 bits per heavy atom. The highest BCUT2D eigenvalue weighted by Gasteiger charge is 2.00. The molecule has 0 aliphatic rings. The van der Waals surface area contributed by atoms with Crippen LogP contribution < -0.4 is 5.73 Å². The standard InChI is InChI=1S/C10H15NO/c1-8(12-2)7-9-3-5-10(11)6-4-9/h3-6,8H,7,11H2,1-2H3/t8-/m1/s1. The monoisotopic (exact) mass is 165 g/mol. The Kier molecular flexibility index (Phi) is 3.11. The van der Waals surface area contributed by atoms with Crippen LogP contribution in [0.5, 0.6) is 0 Å². The molecule has 2 N–H and O–H groups in total. The number of nitrogen functional groups attached to an aromatic ring is 1. The highest BCUT2D eigenvalue weighted by molar-refractivity contribution is 5.39. The molecule has 66 valence electrons. The number of hydrogen-bond acceptors (Lipinski definition) is 2. The Hall–Kier alpha value is -1.02. The van der Waals surface area contributed by atoms with Gasteiger partial charge in [-0.25, -0.2) is 0 Å². The molecule has 0 radical (unpaired) electrons. The van der Waals surface area contributed by atoms with E-state index in [0.717, 1.165) is 12.1 Å². The Labute approximate surface area is 73.3 Å². The molecule has 1 atom stereocenters. The summed E-state index contributed by atoms with van der Waals surface area (Å²) in [7, 11) is 1.72. The molecule has 1 aromatic carbocycles. The van der Waals surface area contributed by atoms with Crippen molar-refractivity contribution in [1.29, 1.82) is 0 Å². The van der Waals surface area contributed by atoms with Crippen molar-refractivity contribution >= 4 is 5.69 Å². The highest BCUT2D eigenvalue weighted by Crippen LogP contribution is 2.08. The maximum absolute atomic E-state index is 5.56. The molecular weight excluding hydrogens is 150 g/mol. The van der Waals surface area contributed by atoms with E-state index < -0.39 is 0 Å². The molecular formula is C10H15NO. The van der Waals surface area contributed by atoms with Gasteiger partial charge in [-0.3, -0.25) is 0 Å². The number of rotatable bonds is 3. The van der Waals surface area contributed by atoms with Gasteiger partial charge in [0.15, 0.2) is 0 Å². The van der Waals surface area contributed by atoms with Gasteiger partial charge < -0.3 is 10.5 Å². The van der Waals surface area contributed by atoms with E-state index >= 15 is 0 Å². The van der Waals surface area contributed by atoms with Crippen molar-refractivity contribution in [2.24, 2.45) is 0 Å². The summed E-state index contributed by atoms with van der Waals surface area (Å²) in [6.45, 7) is 2.05. The van der Waals surface area contributed by atoms with Gasteiger partial charge in [-0.2, -0.15) is 0 Å². The van der Waals surface area contributed by atoms with Crippen LogP contribution in [0.2, 0.25) is 0 Å². The van der Waals surface area contributed by atoms with E-state index in [4.69, 9.17) is 10.5 Å². The SMILES string of the molecule is CO[C@H](C)Cc1ccc(N)cc1. The zero-order valence-corrected chi connectivity index (χ0v) is 7.58. The minimum Gasteiger partial charge on any atom is -0.399 e. The van der Waals surface area contributed by atoms with E-state index in [1.807, 2.05) is 24.3 Å². The quantitative estimate of drug-likeness (QED) is 0.694. The molecule has 0 saturated heterocycles. The normalized spacial score (nSPS) is 12.8. The van der Waals surface area contributed by atoms with Crippen LogP contribution in [-0.2, 0) is 11.2 Å². The summed E-state index contributed by atoms with van der Waals surface area (Å²) in [4.78, 5) is 0. The maximum atomic E-state index is 5.56. The lowest BCUT2D eigenvalue weighted by molar-refractivity contribution is 0.119. The van der Waals surface area contributed by atoms with Crippen molar-refractivity contribution in [3.63, 3.8) is 0 Å². The number of anilines is 1. The summed E-state index contributed by atoms with van der Waals surface area (Å²) in [6.07, 6.45) is 1.21. The van der Waals surface area contributed by atoms with Crippen LogP contribution >= 0.6 is 0 Å². The summed E-state index contributed by atoms with van der Waals surface area (Å²) in [5.41, 5.74) is 7.63. The predicted molar refractivity (Wildman–Crippen MR) is 51.0 cm³/mol. The molecule has 0 amide bonds. The summed E-state index contributed by atoms with van der Waals surface area (Å²) < 4.78 is 5.15. The minimum atomic E-state index is 0.272. The van der Waals surface area contributed by atoms with E-state index in [1.165, 1.54) is 5.56 Å². The topological polar surface area (TPSA) is 35.2 Å². The smallest absolute Gasteiger partial charge is 0.0583 e. The molecule has 0 spiro atoms. The van der Waals surface area contributed by atoms with Gasteiger partial charge in [-0.05, 0) is 31.0 Å². The van der Waals surface area contributed by atoms with E-state index in [1.54, 1.807) is 7.11 Å². The second-order valence-electron chi connectivity index (χ2n) is 2.99. The molecule has 0 bridgehead atoms. The van der Waals surface area contributed by atoms with Gasteiger partial charge in [0.2, 0.25) is 0 Å². The van der Waals surface area contributed by atoms with E-state index in [9.17, 15) is 0 Å². The first-order valence-corrected chi connectivity index (χ1v) is 4.09. The molecule has 0 aliphatic carbocycles. The summed E-state index contributed by atoms with van der Waals surface area (Å²) in [5.74, 6) is 0. The molecule has 12 heavy (non-hydrogen) atoms. The van der Waals surface area contributed by atoms with E-state index in [0.29, 0.717) is 0 Å². The Morgan fingerprint density at radius 2 is 1.92 bits per heavy atom. The fraction of sp³-hybridized carbons (Fsp3) is 0.400. The fourth-order valence-electron chi connectivity index (χ4n) is 1.07. The van der Waals surface area contributed by atoms with Crippen LogP contribution in [0.1, 0.15) is 12.5 Å². The van der Waals surface area contributed by atoms with Crippen molar-refractivity contribution in [2.75, 3.05) is 12.8 Å². The first-order valence-electron chi connectivity index (χ1n) is 4.09. The fourth-order valence-corrected chi connectivity index (χ4v) is 1.07. The third-order valence-corrected chi connectivity index (χ3v) is 1.91. The van der Waals surface area contributed by atoms with Crippen molar-refractivity contribution in [3.8, 4) is 0 Å². The second-order valence-corrected chi connectivity index (χ2v) is 2.99. The average molecular weight is 165 g/mol. The number of ether oxygens (including phenoxy) is 1. The number of benzene rings is 1. The maximum Gasteiger partial charge on any atom is 0.0583 e. The van der Waals surface area contributed by atoms with E-state index in [2.05, 4.69) is 6.92 Å². The lowest BCUT2D eigenvalue weighted by Gasteiger charge is -2.08. The average Bonchev–Trinajstić information content (AvgIpc) is 2.09. The molecule has 0 heterocycles. The van der Waals surface area contributed by atoms with Gasteiger partial charge in [-0.15, -0.1) is 0 Å². The lowest BCUT2D eigenvalue weighted by Crippen LogP contribution is -2.08. The summed E-state index contributed by atoms with van der Waals surface area (Å²) in [6, 6.07) is 7.89. The number of nitrogens with two attached hydrogens (primary N) is 1. The molecule has 1 rings (SSSR count). The lowest BCUT2D eigenvalue weighted by atomic mass is 10.1. The van der Waals surface area contributed by atoms with Gasteiger partial charge in [-0.1, -0.05) is 12.1 Å². The van der Waals surface area contributed by atoms with Crippen LogP contribution in [0.15, 0.2) is 24.3 Å². The van der Waals surface area contributed by atoms with E-state index in [-0.39, 0.29) is 6.10 Å². The molecule has 0 aromatic heterocycles. The minimum absolute atomic E-state index is 0.272. The van der Waals surface area contributed by atoms with Crippen LogP contribution in [0, 0.1) is 0 Å². The van der Waals surface area contributed by atoms with Gasteiger partial charge in [0.05, 0.1) is 6.10 Å². The van der Waals surface area contributed by atoms with Crippen molar-refractivity contribution in [2.45, 2.75) is 19.4 Å². The second kappa shape index (κ2) is 4.12. The zero-order chi connectivity index (χ0) is 8.97. The molecule has 2 heteroatoms. The first-order chi connectivity index (χ1) is 5.72. The Balaban J connectivity index is 2.58. The molecule has 2 nitrogen and oxygen atoms in total. The largest absolute Gasteiger partial charge is 0.399 e. The van der Waals surface area contributed by atoms with Crippen molar-refractivity contribution in [3.05, 3.63) is 29.8 Å². The van der Waals surface area contributed by atoms with Gasteiger partial charge in [0.1, 0.15) is 0 Å². The third kappa shape index (κ3) is 2.55. The summed E-state index contributed by atoms with van der Waals surface area (Å²) >= 11 is 0. The van der Waals surface area contributed by atoms with Gasteiger partial charge in [0, 0.05) is 12.8 Å². The van der Waals surface area contributed by atoms with Gasteiger partial charge in [0.25, 0.3) is 0 Å². The highest BCUT2D eigenvalue weighted by atomic mass is 16.5. The zero-order valence-electron chi connectivity index (χ0n) is 7.58. The van der Waals surface area contributed by atoms with Crippen molar-refractivity contribution < 1.29 is 4.74 Å². The Bertz CT molecular complexity index is 230. The van der Waals surface area contributed by atoms with Crippen molar-refractivity contribution in [1.82, 2.24) is 0 Å². The van der Waals surface area contributed by atoms with Crippen LogP contribution in [0.25, 0.3) is 0 Å². The van der Waals surface area contributed by atoms with Crippen LogP contribution in [-0.4, -0.2) is 13.2 Å².